The molecule has 0 bridgehead atoms. The second-order valence-electron chi connectivity index (χ2n) is 2.69. The lowest BCUT2D eigenvalue weighted by Gasteiger charge is -1.98. The molecule has 0 amide bonds. The Hall–Kier alpha value is 0.160. The van der Waals surface area contributed by atoms with Crippen LogP contribution in [0.2, 0.25) is 5.02 Å². The van der Waals surface area contributed by atoms with Crippen molar-refractivity contribution in [3.63, 3.8) is 0 Å². The minimum absolute atomic E-state index is 0.0493. The molecule has 0 atom stereocenters. The first-order chi connectivity index (χ1) is 6.20. The summed E-state index contributed by atoms with van der Waals surface area (Å²) >= 11 is 9.85. The van der Waals surface area contributed by atoms with E-state index in [0.29, 0.717) is 5.02 Å². The monoisotopic (exact) mass is 324 g/mol. The maximum atomic E-state index is 9.11. The van der Waals surface area contributed by atoms with Crippen LogP contribution in [-0.2, 0) is 6.61 Å². The van der Waals surface area contributed by atoms with E-state index in [0.717, 1.165) is 15.6 Å². The average molecular weight is 325 g/mol. The summed E-state index contributed by atoms with van der Waals surface area (Å²) in [6.45, 7) is 0.0493. The fourth-order valence-electron chi connectivity index (χ4n) is 1.27. The van der Waals surface area contributed by atoms with Crippen LogP contribution in [0.3, 0.4) is 0 Å². The zero-order valence-electron chi connectivity index (χ0n) is 6.55. The predicted octanol–water partition coefficient (Wildman–Crippen LogP) is 3.65. The van der Waals surface area contributed by atoms with Gasteiger partial charge in [0.05, 0.1) is 9.49 Å². The number of aliphatic hydroxyl groups is 1. The average Bonchev–Trinajstić information content (AvgIpc) is 2.43. The van der Waals surface area contributed by atoms with Gasteiger partial charge < -0.3 is 5.11 Å². The molecule has 13 heavy (non-hydrogen) atoms. The summed E-state index contributed by atoms with van der Waals surface area (Å²) in [5, 5.41) is 10.9. The van der Waals surface area contributed by atoms with Crippen molar-refractivity contribution >= 4 is 55.6 Å². The van der Waals surface area contributed by atoms with E-state index < -0.39 is 0 Å². The standard InChI is InChI=1S/C9H6ClIOS/c10-7-1-5-3-8(11)13-9(5)6(2-7)4-12/h1-3,12H,4H2. The lowest BCUT2D eigenvalue weighted by molar-refractivity contribution is 0.283. The van der Waals surface area contributed by atoms with Gasteiger partial charge in [0.1, 0.15) is 0 Å². The van der Waals surface area contributed by atoms with Crippen molar-refractivity contribution in [2.75, 3.05) is 0 Å². The van der Waals surface area contributed by atoms with Gasteiger partial charge in [-0.2, -0.15) is 0 Å². The van der Waals surface area contributed by atoms with Gasteiger partial charge in [-0.3, -0.25) is 0 Å². The molecular formula is C9H6ClIOS. The highest BCUT2D eigenvalue weighted by molar-refractivity contribution is 14.1. The first-order valence-electron chi connectivity index (χ1n) is 3.69. The quantitative estimate of drug-likeness (QED) is 0.794. The van der Waals surface area contributed by atoms with Gasteiger partial charge in [0.25, 0.3) is 0 Å². The zero-order chi connectivity index (χ0) is 9.42. The molecule has 0 radical (unpaired) electrons. The molecule has 0 saturated heterocycles. The Balaban J connectivity index is 2.80. The smallest absolute Gasteiger partial charge is 0.0696 e. The second-order valence-corrected chi connectivity index (χ2v) is 6.07. The van der Waals surface area contributed by atoms with Crippen LogP contribution in [0.25, 0.3) is 10.1 Å². The molecule has 2 rings (SSSR count). The summed E-state index contributed by atoms with van der Waals surface area (Å²) < 4.78 is 2.35. The van der Waals surface area contributed by atoms with Gasteiger partial charge in [0, 0.05) is 9.72 Å². The highest BCUT2D eigenvalue weighted by Gasteiger charge is 2.05. The summed E-state index contributed by atoms with van der Waals surface area (Å²) in [5.74, 6) is 0. The van der Waals surface area contributed by atoms with Crippen LogP contribution in [0.4, 0.5) is 0 Å². The normalized spacial score (nSPS) is 11.0. The van der Waals surface area contributed by atoms with E-state index in [1.54, 1.807) is 11.3 Å². The van der Waals surface area contributed by atoms with E-state index in [9.17, 15) is 0 Å². The van der Waals surface area contributed by atoms with Crippen molar-refractivity contribution in [3.8, 4) is 0 Å². The van der Waals surface area contributed by atoms with Gasteiger partial charge in [-0.15, -0.1) is 11.3 Å². The van der Waals surface area contributed by atoms with E-state index in [4.69, 9.17) is 16.7 Å². The Labute approximate surface area is 98.5 Å². The molecule has 68 valence electrons. The molecular weight excluding hydrogens is 319 g/mol. The van der Waals surface area contributed by atoms with Gasteiger partial charge >= 0.3 is 0 Å². The SMILES string of the molecule is OCc1cc(Cl)cc2cc(I)sc12. The van der Waals surface area contributed by atoms with Crippen LogP contribution >= 0.6 is 45.5 Å². The molecule has 0 spiro atoms. The summed E-state index contributed by atoms with van der Waals surface area (Å²) in [5.41, 5.74) is 0.912. The molecule has 0 aliphatic carbocycles. The Kier molecular flexibility index (Phi) is 2.78. The lowest BCUT2D eigenvalue weighted by atomic mass is 10.2. The van der Waals surface area contributed by atoms with Crippen LogP contribution in [0.1, 0.15) is 5.56 Å². The van der Waals surface area contributed by atoms with Crippen molar-refractivity contribution in [1.29, 1.82) is 0 Å². The summed E-state index contributed by atoms with van der Waals surface area (Å²) in [6.07, 6.45) is 0. The molecule has 1 N–H and O–H groups in total. The van der Waals surface area contributed by atoms with Gasteiger partial charge in [-0.25, -0.2) is 0 Å². The van der Waals surface area contributed by atoms with E-state index in [2.05, 4.69) is 28.7 Å². The van der Waals surface area contributed by atoms with Crippen molar-refractivity contribution < 1.29 is 5.11 Å². The molecule has 2 aromatic rings. The third-order valence-electron chi connectivity index (χ3n) is 1.80. The van der Waals surface area contributed by atoms with Gasteiger partial charge in [0.15, 0.2) is 0 Å². The van der Waals surface area contributed by atoms with Crippen LogP contribution in [0, 0.1) is 2.88 Å². The zero-order valence-corrected chi connectivity index (χ0v) is 10.3. The van der Waals surface area contributed by atoms with Crippen LogP contribution < -0.4 is 0 Å². The molecule has 1 nitrogen and oxygen atoms in total. The van der Waals surface area contributed by atoms with Crippen molar-refractivity contribution in [1.82, 2.24) is 0 Å². The van der Waals surface area contributed by atoms with Crippen molar-refractivity contribution in [2.45, 2.75) is 6.61 Å². The Morgan fingerprint density at radius 2 is 2.15 bits per heavy atom. The summed E-state index contributed by atoms with van der Waals surface area (Å²) in [6, 6.07) is 5.82. The van der Waals surface area contributed by atoms with Gasteiger partial charge in [-0.1, -0.05) is 11.6 Å². The number of aliphatic hydroxyl groups excluding tert-OH is 1. The molecule has 0 aliphatic rings. The fourth-order valence-corrected chi connectivity index (χ4v) is 3.39. The van der Waals surface area contributed by atoms with E-state index >= 15 is 0 Å². The third-order valence-corrected chi connectivity index (χ3v) is 4.00. The van der Waals surface area contributed by atoms with E-state index in [1.165, 1.54) is 2.88 Å². The molecule has 1 aromatic carbocycles. The maximum absolute atomic E-state index is 9.11. The van der Waals surface area contributed by atoms with Crippen LogP contribution in [-0.4, -0.2) is 5.11 Å². The molecule has 0 aliphatic heterocycles. The minimum Gasteiger partial charge on any atom is -0.392 e. The molecule has 1 aromatic heterocycles. The number of hydrogen-bond acceptors (Lipinski definition) is 2. The number of fused-ring (bicyclic) bond motifs is 1. The Bertz CT molecular complexity index is 452. The minimum atomic E-state index is 0.0493. The van der Waals surface area contributed by atoms with Crippen molar-refractivity contribution in [2.24, 2.45) is 0 Å². The number of benzene rings is 1. The number of hydrogen-bond donors (Lipinski definition) is 1. The molecule has 0 fully saturated rings. The number of thiophene rings is 1. The number of rotatable bonds is 1. The van der Waals surface area contributed by atoms with Gasteiger partial charge in [0.2, 0.25) is 0 Å². The first kappa shape index (κ1) is 9.71. The molecule has 1 heterocycles. The fraction of sp³-hybridized carbons (Fsp3) is 0.111. The molecule has 4 heteroatoms. The highest BCUT2D eigenvalue weighted by Crippen LogP contribution is 2.32. The maximum Gasteiger partial charge on any atom is 0.0696 e. The topological polar surface area (TPSA) is 20.2 Å². The third kappa shape index (κ3) is 1.83. The van der Waals surface area contributed by atoms with E-state index in [-0.39, 0.29) is 6.61 Å². The van der Waals surface area contributed by atoms with Crippen LogP contribution in [0.5, 0.6) is 0 Å². The summed E-state index contributed by atoms with van der Waals surface area (Å²) in [4.78, 5) is 0. The second kappa shape index (κ2) is 3.73. The Morgan fingerprint density at radius 1 is 1.38 bits per heavy atom. The Morgan fingerprint density at radius 3 is 2.85 bits per heavy atom. The highest BCUT2D eigenvalue weighted by atomic mass is 127. The molecule has 0 unspecified atom stereocenters. The van der Waals surface area contributed by atoms with Gasteiger partial charge in [-0.05, 0) is 51.7 Å². The van der Waals surface area contributed by atoms with E-state index in [1.807, 2.05) is 12.1 Å². The first-order valence-corrected chi connectivity index (χ1v) is 5.96. The molecule has 0 saturated carbocycles. The predicted molar refractivity (Wildman–Crippen MR) is 65.5 cm³/mol. The van der Waals surface area contributed by atoms with Crippen molar-refractivity contribution in [3.05, 3.63) is 31.7 Å². The lowest BCUT2D eigenvalue weighted by Crippen LogP contribution is -1.82. The largest absolute Gasteiger partial charge is 0.392 e. The van der Waals surface area contributed by atoms with Crippen LogP contribution in [0.15, 0.2) is 18.2 Å². The number of halogens is 2. The summed E-state index contributed by atoms with van der Waals surface area (Å²) in [7, 11) is 0.